The Morgan fingerprint density at radius 1 is 1.50 bits per heavy atom. The van der Waals surface area contributed by atoms with Crippen LogP contribution in [-0.4, -0.2) is 35.8 Å². The number of hydrogen-bond donors (Lipinski definition) is 2. The van der Waals surface area contributed by atoms with Gasteiger partial charge < -0.3 is 15.2 Å². The van der Waals surface area contributed by atoms with Crippen LogP contribution in [0.1, 0.15) is 29.9 Å². The fraction of sp³-hybridized carbons (Fsp3) is 0.538. The van der Waals surface area contributed by atoms with E-state index in [2.05, 4.69) is 15.0 Å². The first-order chi connectivity index (χ1) is 8.45. The van der Waals surface area contributed by atoms with Crippen LogP contribution in [0.15, 0.2) is 12.1 Å². The van der Waals surface area contributed by atoms with Crippen LogP contribution >= 0.6 is 0 Å². The van der Waals surface area contributed by atoms with E-state index in [1.165, 1.54) is 7.11 Å². The zero-order valence-electron chi connectivity index (χ0n) is 11.2. The number of pyridine rings is 1. The van der Waals surface area contributed by atoms with Crippen LogP contribution < -0.4 is 5.32 Å². The van der Waals surface area contributed by atoms with Crippen molar-refractivity contribution < 1.29 is 14.6 Å². The number of anilines is 1. The second-order valence-corrected chi connectivity index (χ2v) is 4.51. The highest BCUT2D eigenvalue weighted by atomic mass is 16.5. The van der Waals surface area contributed by atoms with Crippen molar-refractivity contribution in [1.29, 1.82) is 0 Å². The van der Waals surface area contributed by atoms with Gasteiger partial charge in [0.1, 0.15) is 5.82 Å². The number of esters is 1. The first kappa shape index (κ1) is 14.4. The predicted molar refractivity (Wildman–Crippen MR) is 69.6 cm³/mol. The molecule has 0 aliphatic carbocycles. The number of ether oxygens (including phenoxy) is 1. The van der Waals surface area contributed by atoms with Gasteiger partial charge in [0.15, 0.2) is 0 Å². The lowest BCUT2D eigenvalue weighted by atomic mass is 10.1. The summed E-state index contributed by atoms with van der Waals surface area (Å²) in [5.41, 5.74) is 1.05. The molecule has 0 aliphatic heterocycles. The third-order valence-electron chi connectivity index (χ3n) is 2.75. The van der Waals surface area contributed by atoms with Crippen LogP contribution in [0.25, 0.3) is 0 Å². The number of aromatic nitrogens is 1. The summed E-state index contributed by atoms with van der Waals surface area (Å²) in [4.78, 5) is 15.6. The summed E-state index contributed by atoms with van der Waals surface area (Å²) in [5, 5.41) is 12.7. The molecule has 100 valence electrons. The molecule has 1 heterocycles. The Labute approximate surface area is 107 Å². The van der Waals surface area contributed by atoms with Gasteiger partial charge in [0.2, 0.25) is 0 Å². The first-order valence-corrected chi connectivity index (χ1v) is 5.93. The van der Waals surface area contributed by atoms with Crippen LogP contribution in [-0.2, 0) is 4.74 Å². The monoisotopic (exact) mass is 252 g/mol. The average Bonchev–Trinajstić information content (AvgIpc) is 2.34. The summed E-state index contributed by atoms with van der Waals surface area (Å²) >= 11 is 0. The van der Waals surface area contributed by atoms with E-state index >= 15 is 0 Å². The molecule has 0 amide bonds. The molecule has 1 atom stereocenters. The molecular formula is C13H20N2O3. The van der Waals surface area contributed by atoms with Crippen molar-refractivity contribution in [3.63, 3.8) is 0 Å². The van der Waals surface area contributed by atoms with Crippen molar-refractivity contribution >= 4 is 11.8 Å². The Kier molecular flexibility index (Phi) is 5.09. The van der Waals surface area contributed by atoms with Gasteiger partial charge in [0, 0.05) is 6.54 Å². The second-order valence-electron chi connectivity index (χ2n) is 4.51. The Morgan fingerprint density at radius 3 is 2.67 bits per heavy atom. The van der Waals surface area contributed by atoms with E-state index in [-0.39, 0.29) is 5.92 Å². The van der Waals surface area contributed by atoms with Crippen molar-refractivity contribution in [1.82, 2.24) is 4.98 Å². The van der Waals surface area contributed by atoms with Crippen molar-refractivity contribution in [2.24, 2.45) is 5.92 Å². The molecule has 0 saturated heterocycles. The predicted octanol–water partition coefficient (Wildman–Crippen LogP) is 1.61. The summed E-state index contributed by atoms with van der Waals surface area (Å²) in [6, 6.07) is 3.37. The molecule has 18 heavy (non-hydrogen) atoms. The summed E-state index contributed by atoms with van der Waals surface area (Å²) in [6.07, 6.45) is -0.424. The SMILES string of the molecule is COC(=O)c1ccc(NCC(O)C(C)C)nc1C. The fourth-order valence-corrected chi connectivity index (χ4v) is 1.43. The molecule has 0 spiro atoms. The van der Waals surface area contributed by atoms with E-state index < -0.39 is 12.1 Å². The Hall–Kier alpha value is -1.62. The second kappa shape index (κ2) is 6.35. The van der Waals surface area contributed by atoms with E-state index in [0.717, 1.165) is 0 Å². The lowest BCUT2D eigenvalue weighted by Gasteiger charge is -2.15. The highest BCUT2D eigenvalue weighted by Gasteiger charge is 2.12. The van der Waals surface area contributed by atoms with Gasteiger partial charge in [-0.15, -0.1) is 0 Å². The molecule has 5 nitrogen and oxygen atoms in total. The third-order valence-corrected chi connectivity index (χ3v) is 2.75. The molecule has 0 aromatic carbocycles. The largest absolute Gasteiger partial charge is 0.465 e. The normalized spacial score (nSPS) is 12.3. The maximum Gasteiger partial charge on any atom is 0.339 e. The summed E-state index contributed by atoms with van der Waals surface area (Å²) in [7, 11) is 1.34. The molecule has 5 heteroatoms. The topological polar surface area (TPSA) is 71.5 Å². The molecule has 0 saturated carbocycles. The van der Waals surface area contributed by atoms with E-state index in [4.69, 9.17) is 0 Å². The minimum atomic E-state index is -0.424. The highest BCUT2D eigenvalue weighted by molar-refractivity contribution is 5.90. The first-order valence-electron chi connectivity index (χ1n) is 5.93. The smallest absolute Gasteiger partial charge is 0.339 e. The number of aliphatic hydroxyl groups is 1. The maximum atomic E-state index is 11.4. The molecular weight excluding hydrogens is 232 g/mol. The highest BCUT2D eigenvalue weighted by Crippen LogP contribution is 2.12. The minimum absolute atomic E-state index is 0.188. The number of hydrogen-bond acceptors (Lipinski definition) is 5. The standard InChI is InChI=1S/C13H20N2O3/c1-8(2)11(16)7-14-12-6-5-10(9(3)15-12)13(17)18-4/h5-6,8,11,16H,7H2,1-4H3,(H,14,15). The number of aliphatic hydroxyl groups excluding tert-OH is 1. The third kappa shape index (κ3) is 3.70. The number of carbonyl (C=O) groups excluding carboxylic acids is 1. The lowest BCUT2D eigenvalue weighted by molar-refractivity contribution is 0.0599. The quantitative estimate of drug-likeness (QED) is 0.779. The van der Waals surface area contributed by atoms with E-state index in [9.17, 15) is 9.90 Å². The number of aryl methyl sites for hydroxylation is 1. The molecule has 0 bridgehead atoms. The zero-order valence-corrected chi connectivity index (χ0v) is 11.2. The van der Waals surface area contributed by atoms with Crippen molar-refractivity contribution in [2.45, 2.75) is 26.9 Å². The van der Waals surface area contributed by atoms with E-state index in [1.54, 1.807) is 19.1 Å². The molecule has 1 aromatic heterocycles. The molecule has 1 unspecified atom stereocenters. The lowest BCUT2D eigenvalue weighted by Crippen LogP contribution is -2.25. The van der Waals surface area contributed by atoms with Crippen LogP contribution in [0.4, 0.5) is 5.82 Å². The fourth-order valence-electron chi connectivity index (χ4n) is 1.43. The van der Waals surface area contributed by atoms with Crippen molar-refractivity contribution in [3.05, 3.63) is 23.4 Å². The van der Waals surface area contributed by atoms with Crippen LogP contribution in [0.5, 0.6) is 0 Å². The Bertz CT molecular complexity index is 419. The van der Waals surface area contributed by atoms with Gasteiger partial charge >= 0.3 is 5.97 Å². The van der Waals surface area contributed by atoms with Crippen LogP contribution in [0.3, 0.4) is 0 Å². The molecule has 0 aliphatic rings. The van der Waals surface area contributed by atoms with E-state index in [0.29, 0.717) is 23.6 Å². The number of methoxy groups -OCH3 is 1. The van der Waals surface area contributed by atoms with Gasteiger partial charge in [0.25, 0.3) is 0 Å². The molecule has 0 radical (unpaired) electrons. The maximum absolute atomic E-state index is 11.4. The van der Waals surface area contributed by atoms with Gasteiger partial charge in [0.05, 0.1) is 24.5 Å². The van der Waals surface area contributed by atoms with Gasteiger partial charge in [-0.1, -0.05) is 13.8 Å². The Morgan fingerprint density at radius 2 is 2.17 bits per heavy atom. The van der Waals surface area contributed by atoms with Crippen LogP contribution in [0.2, 0.25) is 0 Å². The van der Waals surface area contributed by atoms with Gasteiger partial charge in [-0.2, -0.15) is 0 Å². The van der Waals surface area contributed by atoms with Gasteiger partial charge in [-0.3, -0.25) is 0 Å². The summed E-state index contributed by atoms with van der Waals surface area (Å²) < 4.78 is 4.65. The number of nitrogens with one attached hydrogen (secondary N) is 1. The summed E-state index contributed by atoms with van der Waals surface area (Å²) in [5.74, 6) is 0.432. The van der Waals surface area contributed by atoms with Crippen LogP contribution in [0, 0.1) is 12.8 Å². The van der Waals surface area contributed by atoms with Crippen molar-refractivity contribution in [2.75, 3.05) is 19.0 Å². The molecule has 1 aromatic rings. The number of nitrogens with zero attached hydrogens (tertiary/aromatic N) is 1. The Balaban J connectivity index is 2.70. The number of carbonyl (C=O) groups is 1. The molecule has 2 N–H and O–H groups in total. The van der Waals surface area contributed by atoms with Gasteiger partial charge in [-0.05, 0) is 25.0 Å². The molecule has 1 rings (SSSR count). The minimum Gasteiger partial charge on any atom is -0.465 e. The number of rotatable bonds is 5. The zero-order chi connectivity index (χ0) is 13.7. The van der Waals surface area contributed by atoms with E-state index in [1.807, 2.05) is 13.8 Å². The summed E-state index contributed by atoms with van der Waals surface area (Å²) in [6.45, 7) is 6.08. The van der Waals surface area contributed by atoms with Crippen molar-refractivity contribution in [3.8, 4) is 0 Å². The average molecular weight is 252 g/mol. The molecule has 0 fully saturated rings. The van der Waals surface area contributed by atoms with Gasteiger partial charge in [-0.25, -0.2) is 9.78 Å².